The lowest BCUT2D eigenvalue weighted by atomic mass is 10.2. The SMILES string of the molecule is O=C(Nc1cccc(N2CCCC2)c1)c1ccc(Cl)c(Cl)c1. The number of amides is 1. The third-order valence-electron chi connectivity index (χ3n) is 3.76. The molecule has 1 aliphatic heterocycles. The average molecular weight is 335 g/mol. The molecule has 3 rings (SSSR count). The predicted octanol–water partition coefficient (Wildman–Crippen LogP) is 4.85. The van der Waals surface area contributed by atoms with Gasteiger partial charge in [0.1, 0.15) is 0 Å². The summed E-state index contributed by atoms with van der Waals surface area (Å²) in [6.45, 7) is 2.15. The second kappa shape index (κ2) is 6.59. The summed E-state index contributed by atoms with van der Waals surface area (Å²) in [6, 6.07) is 12.8. The van der Waals surface area contributed by atoms with Crippen LogP contribution in [0.15, 0.2) is 42.5 Å². The van der Waals surface area contributed by atoms with Crippen molar-refractivity contribution in [3.8, 4) is 0 Å². The van der Waals surface area contributed by atoms with Gasteiger partial charge in [-0.15, -0.1) is 0 Å². The fraction of sp³-hybridized carbons (Fsp3) is 0.235. The van der Waals surface area contributed by atoms with Gasteiger partial charge < -0.3 is 10.2 Å². The van der Waals surface area contributed by atoms with Crippen LogP contribution >= 0.6 is 23.2 Å². The minimum Gasteiger partial charge on any atom is -0.371 e. The molecule has 2 aromatic carbocycles. The van der Waals surface area contributed by atoms with E-state index in [1.807, 2.05) is 18.2 Å². The topological polar surface area (TPSA) is 32.3 Å². The number of carbonyl (C=O) groups excluding carboxylic acids is 1. The van der Waals surface area contributed by atoms with Crippen LogP contribution in [-0.2, 0) is 0 Å². The molecular formula is C17H16Cl2N2O. The summed E-state index contributed by atoms with van der Waals surface area (Å²) in [7, 11) is 0. The fourth-order valence-electron chi connectivity index (χ4n) is 2.60. The quantitative estimate of drug-likeness (QED) is 0.870. The van der Waals surface area contributed by atoms with Crippen molar-refractivity contribution in [3.63, 3.8) is 0 Å². The highest BCUT2D eigenvalue weighted by Gasteiger charge is 2.13. The number of anilines is 2. The van der Waals surface area contributed by atoms with Gasteiger partial charge in [-0.2, -0.15) is 0 Å². The van der Waals surface area contributed by atoms with E-state index in [-0.39, 0.29) is 5.91 Å². The highest BCUT2D eigenvalue weighted by molar-refractivity contribution is 6.42. The molecule has 2 aromatic rings. The van der Waals surface area contributed by atoms with Crippen molar-refractivity contribution < 1.29 is 4.79 Å². The van der Waals surface area contributed by atoms with Crippen molar-refractivity contribution in [1.29, 1.82) is 0 Å². The molecule has 0 unspecified atom stereocenters. The standard InChI is InChI=1S/C17H16Cl2N2O/c18-15-7-6-12(10-16(15)19)17(22)20-13-4-3-5-14(11-13)21-8-1-2-9-21/h3-7,10-11H,1-2,8-9H2,(H,20,22). The number of carbonyl (C=O) groups is 1. The maximum atomic E-state index is 12.3. The number of benzene rings is 2. The van der Waals surface area contributed by atoms with Crippen molar-refractivity contribution in [1.82, 2.24) is 0 Å². The largest absolute Gasteiger partial charge is 0.371 e. The maximum Gasteiger partial charge on any atom is 0.255 e. The van der Waals surface area contributed by atoms with Crippen molar-refractivity contribution in [3.05, 3.63) is 58.1 Å². The van der Waals surface area contributed by atoms with Gasteiger partial charge in [0.15, 0.2) is 0 Å². The molecule has 3 nitrogen and oxygen atoms in total. The molecule has 0 spiro atoms. The molecular weight excluding hydrogens is 319 g/mol. The zero-order valence-electron chi connectivity index (χ0n) is 12.0. The Morgan fingerprint density at radius 1 is 1.00 bits per heavy atom. The first kappa shape index (κ1) is 15.2. The molecule has 0 bridgehead atoms. The number of hydrogen-bond donors (Lipinski definition) is 1. The van der Waals surface area contributed by atoms with Crippen molar-refractivity contribution in [2.45, 2.75) is 12.8 Å². The third-order valence-corrected chi connectivity index (χ3v) is 4.50. The van der Waals surface area contributed by atoms with E-state index in [4.69, 9.17) is 23.2 Å². The molecule has 1 saturated heterocycles. The Morgan fingerprint density at radius 2 is 1.77 bits per heavy atom. The van der Waals surface area contributed by atoms with E-state index in [9.17, 15) is 4.79 Å². The minimum absolute atomic E-state index is 0.197. The van der Waals surface area contributed by atoms with Gasteiger partial charge in [-0.25, -0.2) is 0 Å². The Hall–Kier alpha value is -1.71. The smallest absolute Gasteiger partial charge is 0.255 e. The van der Waals surface area contributed by atoms with E-state index < -0.39 is 0 Å². The Labute approximate surface area is 139 Å². The number of nitrogens with one attached hydrogen (secondary N) is 1. The van der Waals surface area contributed by atoms with Crippen LogP contribution in [0.2, 0.25) is 10.0 Å². The fourth-order valence-corrected chi connectivity index (χ4v) is 2.89. The lowest BCUT2D eigenvalue weighted by Gasteiger charge is -2.18. The van der Waals surface area contributed by atoms with E-state index in [1.165, 1.54) is 12.8 Å². The summed E-state index contributed by atoms with van der Waals surface area (Å²) in [5, 5.41) is 3.72. The van der Waals surface area contributed by atoms with Crippen LogP contribution in [0.3, 0.4) is 0 Å². The third kappa shape index (κ3) is 3.37. The van der Waals surface area contributed by atoms with Crippen molar-refractivity contribution in [2.75, 3.05) is 23.3 Å². The zero-order chi connectivity index (χ0) is 15.5. The normalized spacial score (nSPS) is 14.2. The van der Waals surface area contributed by atoms with Gasteiger partial charge >= 0.3 is 0 Å². The van der Waals surface area contributed by atoms with Crippen LogP contribution in [0.5, 0.6) is 0 Å². The molecule has 1 heterocycles. The molecule has 0 aliphatic carbocycles. The van der Waals surface area contributed by atoms with E-state index in [2.05, 4.69) is 16.3 Å². The van der Waals surface area contributed by atoms with Gasteiger partial charge in [-0.05, 0) is 49.2 Å². The molecule has 114 valence electrons. The molecule has 1 aliphatic rings. The Balaban J connectivity index is 1.76. The molecule has 0 saturated carbocycles. The Bertz CT molecular complexity index is 697. The van der Waals surface area contributed by atoms with Crippen molar-refractivity contribution in [2.24, 2.45) is 0 Å². The van der Waals surface area contributed by atoms with E-state index >= 15 is 0 Å². The number of nitrogens with zero attached hydrogens (tertiary/aromatic N) is 1. The van der Waals surface area contributed by atoms with Gasteiger partial charge in [-0.3, -0.25) is 4.79 Å². The van der Waals surface area contributed by atoms with Gasteiger partial charge in [-0.1, -0.05) is 29.3 Å². The Morgan fingerprint density at radius 3 is 2.50 bits per heavy atom. The van der Waals surface area contributed by atoms with Gasteiger partial charge in [0, 0.05) is 30.0 Å². The highest BCUT2D eigenvalue weighted by atomic mass is 35.5. The molecule has 1 fully saturated rings. The predicted molar refractivity (Wildman–Crippen MR) is 92.3 cm³/mol. The van der Waals surface area contributed by atoms with Crippen LogP contribution in [-0.4, -0.2) is 19.0 Å². The molecule has 22 heavy (non-hydrogen) atoms. The summed E-state index contributed by atoms with van der Waals surface area (Å²) in [6.07, 6.45) is 2.44. The summed E-state index contributed by atoms with van der Waals surface area (Å²) < 4.78 is 0. The lowest BCUT2D eigenvalue weighted by molar-refractivity contribution is 0.102. The first-order chi connectivity index (χ1) is 10.6. The molecule has 5 heteroatoms. The van der Waals surface area contributed by atoms with Crippen LogP contribution in [0, 0.1) is 0 Å². The summed E-state index contributed by atoms with van der Waals surface area (Å²) in [4.78, 5) is 14.6. The van der Waals surface area contributed by atoms with Crippen molar-refractivity contribution >= 4 is 40.5 Å². The van der Waals surface area contributed by atoms with Crippen LogP contribution < -0.4 is 10.2 Å². The maximum absolute atomic E-state index is 12.3. The number of rotatable bonds is 3. The molecule has 0 atom stereocenters. The summed E-state index contributed by atoms with van der Waals surface area (Å²) in [5.74, 6) is -0.197. The second-order valence-corrected chi connectivity index (χ2v) is 6.14. The van der Waals surface area contributed by atoms with Gasteiger partial charge in [0.25, 0.3) is 5.91 Å². The molecule has 0 aromatic heterocycles. The average Bonchev–Trinajstić information content (AvgIpc) is 3.04. The van der Waals surface area contributed by atoms with Crippen LogP contribution in [0.25, 0.3) is 0 Å². The monoisotopic (exact) mass is 334 g/mol. The zero-order valence-corrected chi connectivity index (χ0v) is 13.5. The second-order valence-electron chi connectivity index (χ2n) is 5.33. The summed E-state index contributed by atoms with van der Waals surface area (Å²) >= 11 is 11.8. The minimum atomic E-state index is -0.197. The molecule has 1 amide bonds. The van der Waals surface area contributed by atoms with Crippen LogP contribution in [0.4, 0.5) is 11.4 Å². The first-order valence-electron chi connectivity index (χ1n) is 7.25. The molecule has 0 radical (unpaired) electrons. The van der Waals surface area contributed by atoms with Gasteiger partial charge in [0.2, 0.25) is 0 Å². The first-order valence-corrected chi connectivity index (χ1v) is 8.00. The van der Waals surface area contributed by atoms with Gasteiger partial charge in [0.05, 0.1) is 10.0 Å². The van der Waals surface area contributed by atoms with E-state index in [0.29, 0.717) is 15.6 Å². The highest BCUT2D eigenvalue weighted by Crippen LogP contribution is 2.25. The summed E-state index contributed by atoms with van der Waals surface area (Å²) in [5.41, 5.74) is 2.41. The lowest BCUT2D eigenvalue weighted by Crippen LogP contribution is -2.18. The van der Waals surface area contributed by atoms with E-state index in [0.717, 1.165) is 24.5 Å². The molecule has 1 N–H and O–H groups in total. The van der Waals surface area contributed by atoms with E-state index in [1.54, 1.807) is 18.2 Å². The number of hydrogen-bond acceptors (Lipinski definition) is 2. The Kier molecular flexibility index (Phi) is 4.55. The number of halogens is 2. The van der Waals surface area contributed by atoms with Crippen LogP contribution in [0.1, 0.15) is 23.2 Å².